The minimum absolute atomic E-state index is 0.0712. The zero-order valence-corrected chi connectivity index (χ0v) is 12.1. The van der Waals surface area contributed by atoms with Crippen molar-refractivity contribution in [2.45, 2.75) is 33.2 Å². The van der Waals surface area contributed by atoms with Gasteiger partial charge in [0.2, 0.25) is 0 Å². The number of ether oxygens (including phenoxy) is 1. The normalized spacial score (nSPS) is 10.3. The number of rotatable bonds is 5. The van der Waals surface area contributed by atoms with Gasteiger partial charge in [0.25, 0.3) is 5.56 Å². The smallest absolute Gasteiger partial charge is 0.326 e. The van der Waals surface area contributed by atoms with Crippen LogP contribution in [0.2, 0.25) is 0 Å². The van der Waals surface area contributed by atoms with Crippen LogP contribution in [-0.2, 0) is 16.1 Å². The first kappa shape index (κ1) is 14.1. The van der Waals surface area contributed by atoms with Crippen LogP contribution >= 0.6 is 22.6 Å². The van der Waals surface area contributed by atoms with E-state index in [0.29, 0.717) is 16.0 Å². The molecule has 1 aromatic heterocycles. The Morgan fingerprint density at radius 3 is 2.94 bits per heavy atom. The van der Waals surface area contributed by atoms with E-state index < -0.39 is 5.97 Å². The lowest BCUT2D eigenvalue weighted by Gasteiger charge is -2.09. The molecule has 1 heterocycles. The number of unbranched alkanes of at least 4 members (excludes halogenated alkanes) is 1. The number of halogens is 1. The summed E-state index contributed by atoms with van der Waals surface area (Å²) < 4.78 is 6.83. The SMILES string of the molecule is CCCCOC(=O)Cn1c(C)ncc(I)c1=O. The Morgan fingerprint density at radius 1 is 1.59 bits per heavy atom. The van der Waals surface area contributed by atoms with Crippen molar-refractivity contribution in [1.29, 1.82) is 0 Å². The molecule has 0 saturated heterocycles. The van der Waals surface area contributed by atoms with Gasteiger partial charge in [-0.15, -0.1) is 0 Å². The van der Waals surface area contributed by atoms with Crippen molar-refractivity contribution >= 4 is 28.6 Å². The van der Waals surface area contributed by atoms with Crippen LogP contribution < -0.4 is 5.56 Å². The molecule has 17 heavy (non-hydrogen) atoms. The van der Waals surface area contributed by atoms with E-state index in [-0.39, 0.29) is 12.1 Å². The van der Waals surface area contributed by atoms with Crippen molar-refractivity contribution in [3.63, 3.8) is 0 Å². The fourth-order valence-corrected chi connectivity index (χ4v) is 1.67. The van der Waals surface area contributed by atoms with Gasteiger partial charge in [0, 0.05) is 6.20 Å². The largest absolute Gasteiger partial charge is 0.464 e. The van der Waals surface area contributed by atoms with E-state index in [9.17, 15) is 9.59 Å². The number of nitrogens with zero attached hydrogens (tertiary/aromatic N) is 2. The Bertz CT molecular complexity index is 457. The van der Waals surface area contributed by atoms with Crippen molar-refractivity contribution in [2.24, 2.45) is 0 Å². The second-order valence-corrected chi connectivity index (χ2v) is 4.78. The Hall–Kier alpha value is -0.920. The summed E-state index contributed by atoms with van der Waals surface area (Å²) in [6.07, 6.45) is 3.30. The van der Waals surface area contributed by atoms with Crippen LogP contribution in [0, 0.1) is 10.5 Å². The van der Waals surface area contributed by atoms with Crippen LogP contribution in [0.1, 0.15) is 25.6 Å². The van der Waals surface area contributed by atoms with Gasteiger partial charge in [-0.1, -0.05) is 13.3 Å². The van der Waals surface area contributed by atoms with E-state index in [1.807, 2.05) is 29.5 Å². The molecule has 0 fully saturated rings. The molecule has 0 spiro atoms. The molecule has 0 aliphatic heterocycles. The number of aromatic nitrogens is 2. The highest BCUT2D eigenvalue weighted by Crippen LogP contribution is 1.98. The predicted octanol–water partition coefficient (Wildman–Crippen LogP) is 1.50. The highest BCUT2D eigenvalue weighted by molar-refractivity contribution is 14.1. The van der Waals surface area contributed by atoms with Crippen LogP contribution in [0.25, 0.3) is 0 Å². The van der Waals surface area contributed by atoms with Crippen LogP contribution in [0.4, 0.5) is 0 Å². The second-order valence-electron chi connectivity index (χ2n) is 3.62. The fraction of sp³-hybridized carbons (Fsp3) is 0.545. The molecular formula is C11H15IN2O3. The van der Waals surface area contributed by atoms with Gasteiger partial charge in [-0.25, -0.2) is 4.98 Å². The number of carbonyl (C=O) groups is 1. The van der Waals surface area contributed by atoms with E-state index in [1.165, 1.54) is 10.8 Å². The van der Waals surface area contributed by atoms with E-state index in [2.05, 4.69) is 4.98 Å². The quantitative estimate of drug-likeness (QED) is 0.459. The number of hydrogen-bond acceptors (Lipinski definition) is 4. The number of aryl methyl sites for hydroxylation is 1. The zero-order chi connectivity index (χ0) is 12.8. The first-order chi connectivity index (χ1) is 8.06. The molecule has 1 rings (SSSR count). The highest BCUT2D eigenvalue weighted by Gasteiger charge is 2.10. The first-order valence-corrected chi connectivity index (χ1v) is 6.51. The average molecular weight is 350 g/mol. The molecule has 0 bridgehead atoms. The molecule has 0 aliphatic rings. The molecule has 0 unspecified atom stereocenters. The molecule has 6 heteroatoms. The van der Waals surface area contributed by atoms with Gasteiger partial charge in [-0.3, -0.25) is 14.2 Å². The fourth-order valence-electron chi connectivity index (χ4n) is 1.24. The van der Waals surface area contributed by atoms with Crippen LogP contribution in [0.3, 0.4) is 0 Å². The molecule has 0 radical (unpaired) electrons. The summed E-state index contributed by atoms with van der Waals surface area (Å²) >= 11 is 1.90. The molecule has 0 atom stereocenters. The average Bonchev–Trinajstić information content (AvgIpc) is 2.30. The van der Waals surface area contributed by atoms with Gasteiger partial charge in [-0.05, 0) is 35.9 Å². The van der Waals surface area contributed by atoms with Gasteiger partial charge >= 0.3 is 5.97 Å². The Labute approximate surface area is 113 Å². The van der Waals surface area contributed by atoms with Crippen LogP contribution in [0.5, 0.6) is 0 Å². The minimum atomic E-state index is -0.396. The first-order valence-electron chi connectivity index (χ1n) is 5.43. The monoisotopic (exact) mass is 350 g/mol. The predicted molar refractivity (Wildman–Crippen MR) is 71.8 cm³/mol. The third-order valence-corrected chi connectivity index (χ3v) is 2.99. The summed E-state index contributed by atoms with van der Waals surface area (Å²) in [7, 11) is 0. The molecule has 0 N–H and O–H groups in total. The van der Waals surface area contributed by atoms with Gasteiger partial charge < -0.3 is 4.74 Å². The molecular weight excluding hydrogens is 335 g/mol. The van der Waals surface area contributed by atoms with Gasteiger partial charge in [-0.2, -0.15) is 0 Å². The van der Waals surface area contributed by atoms with E-state index in [1.54, 1.807) is 6.92 Å². The van der Waals surface area contributed by atoms with E-state index >= 15 is 0 Å². The second kappa shape index (κ2) is 6.73. The van der Waals surface area contributed by atoms with Gasteiger partial charge in [0.05, 0.1) is 10.2 Å². The standard InChI is InChI=1S/C11H15IN2O3/c1-3-4-5-17-10(15)7-14-8(2)13-6-9(12)11(14)16/h6H,3-5,7H2,1-2H3. The number of carbonyl (C=O) groups excluding carboxylic acids is 1. The molecule has 0 aromatic carbocycles. The van der Waals surface area contributed by atoms with Crippen LogP contribution in [-0.4, -0.2) is 22.1 Å². The summed E-state index contributed by atoms with van der Waals surface area (Å²) in [6.45, 7) is 4.04. The van der Waals surface area contributed by atoms with Crippen molar-refractivity contribution in [3.05, 3.63) is 25.9 Å². The summed E-state index contributed by atoms with van der Waals surface area (Å²) in [5.74, 6) is 0.121. The van der Waals surface area contributed by atoms with Crippen molar-refractivity contribution in [3.8, 4) is 0 Å². The topological polar surface area (TPSA) is 61.2 Å². The summed E-state index contributed by atoms with van der Waals surface area (Å²) in [6, 6.07) is 0. The van der Waals surface area contributed by atoms with E-state index in [0.717, 1.165) is 12.8 Å². The molecule has 0 amide bonds. The molecule has 94 valence electrons. The highest BCUT2D eigenvalue weighted by atomic mass is 127. The third-order valence-electron chi connectivity index (χ3n) is 2.25. The van der Waals surface area contributed by atoms with E-state index in [4.69, 9.17) is 4.74 Å². The lowest BCUT2D eigenvalue weighted by atomic mass is 10.4. The summed E-state index contributed by atoms with van der Waals surface area (Å²) in [5.41, 5.74) is -0.203. The summed E-state index contributed by atoms with van der Waals surface area (Å²) in [4.78, 5) is 27.3. The molecule has 5 nitrogen and oxygen atoms in total. The maximum Gasteiger partial charge on any atom is 0.326 e. The maximum atomic E-state index is 11.8. The Balaban J connectivity index is 2.71. The van der Waals surface area contributed by atoms with Crippen molar-refractivity contribution < 1.29 is 9.53 Å². The Kier molecular flexibility index (Phi) is 5.60. The molecule has 1 aromatic rings. The summed E-state index contributed by atoms with van der Waals surface area (Å²) in [5, 5.41) is 0. The van der Waals surface area contributed by atoms with Crippen molar-refractivity contribution in [2.75, 3.05) is 6.61 Å². The van der Waals surface area contributed by atoms with Crippen molar-refractivity contribution in [1.82, 2.24) is 9.55 Å². The zero-order valence-electron chi connectivity index (χ0n) is 9.90. The molecule has 0 aliphatic carbocycles. The number of hydrogen-bond donors (Lipinski definition) is 0. The minimum Gasteiger partial charge on any atom is -0.464 e. The van der Waals surface area contributed by atoms with Gasteiger partial charge in [0.15, 0.2) is 0 Å². The van der Waals surface area contributed by atoms with Crippen LogP contribution in [0.15, 0.2) is 11.0 Å². The lowest BCUT2D eigenvalue weighted by molar-refractivity contribution is -0.144. The lowest BCUT2D eigenvalue weighted by Crippen LogP contribution is -2.29. The molecule has 0 saturated carbocycles. The third kappa shape index (κ3) is 4.10. The Morgan fingerprint density at radius 2 is 2.29 bits per heavy atom. The maximum absolute atomic E-state index is 11.8. The number of esters is 1. The van der Waals surface area contributed by atoms with Gasteiger partial charge in [0.1, 0.15) is 12.4 Å².